The van der Waals surface area contributed by atoms with Crippen LogP contribution in [-0.4, -0.2) is 50.9 Å². The number of rotatable bonds is 7. The summed E-state index contributed by atoms with van der Waals surface area (Å²) in [6.45, 7) is -0.292. The number of benzene rings is 2. The second-order valence-corrected chi connectivity index (χ2v) is 5.82. The molecule has 0 heterocycles. The van der Waals surface area contributed by atoms with Crippen LogP contribution in [0.3, 0.4) is 0 Å². The van der Waals surface area contributed by atoms with Crippen molar-refractivity contribution in [3.63, 3.8) is 0 Å². The zero-order valence-corrected chi connectivity index (χ0v) is 15.9. The van der Waals surface area contributed by atoms with E-state index in [2.05, 4.69) is 10.1 Å². The molecule has 0 aliphatic rings. The predicted octanol–water partition coefficient (Wildman–Crippen LogP) is 3.31. The van der Waals surface area contributed by atoms with E-state index in [1.165, 1.54) is 44.4 Å². The van der Waals surface area contributed by atoms with Gasteiger partial charge in [-0.1, -0.05) is 6.07 Å². The van der Waals surface area contributed by atoms with Crippen LogP contribution in [0.2, 0.25) is 0 Å². The molecule has 0 aliphatic carbocycles. The van der Waals surface area contributed by atoms with Crippen LogP contribution in [0.4, 0.5) is 18.9 Å². The van der Waals surface area contributed by atoms with Crippen molar-refractivity contribution in [2.75, 3.05) is 33.1 Å². The maximum absolute atomic E-state index is 12.6. The molecule has 2 aromatic carbocycles. The number of methoxy groups -OCH3 is 2. The quantitative estimate of drug-likeness (QED) is 0.755. The Morgan fingerprint density at radius 1 is 1.03 bits per heavy atom. The molecule has 0 bridgehead atoms. The second-order valence-electron chi connectivity index (χ2n) is 5.82. The molecule has 10 heteroatoms. The molecule has 0 aromatic heterocycles. The number of amides is 2. The Bertz CT molecular complexity index is 869. The molecule has 156 valence electrons. The average molecular weight is 412 g/mol. The lowest BCUT2D eigenvalue weighted by Gasteiger charge is -2.19. The SMILES string of the molecule is COc1cccc(C(=O)N(C)CC(=O)Nc2ccc(OC(F)(F)F)cc2)c1OC. The number of para-hydroxylation sites is 1. The number of alkyl halides is 3. The maximum Gasteiger partial charge on any atom is 0.573 e. The lowest BCUT2D eigenvalue weighted by atomic mass is 10.1. The highest BCUT2D eigenvalue weighted by Crippen LogP contribution is 2.31. The first-order valence-electron chi connectivity index (χ1n) is 8.26. The van der Waals surface area contributed by atoms with Gasteiger partial charge in [-0.2, -0.15) is 0 Å². The van der Waals surface area contributed by atoms with Crippen LogP contribution in [0.15, 0.2) is 42.5 Å². The van der Waals surface area contributed by atoms with E-state index >= 15 is 0 Å². The normalized spacial score (nSPS) is 10.8. The Hall–Kier alpha value is -3.43. The van der Waals surface area contributed by atoms with Gasteiger partial charge in [0.25, 0.3) is 5.91 Å². The molecule has 0 saturated carbocycles. The largest absolute Gasteiger partial charge is 0.573 e. The highest BCUT2D eigenvalue weighted by molar-refractivity contribution is 6.01. The van der Waals surface area contributed by atoms with E-state index in [1.807, 2.05) is 0 Å². The monoisotopic (exact) mass is 412 g/mol. The average Bonchev–Trinajstić information content (AvgIpc) is 2.66. The Balaban J connectivity index is 2.01. The fraction of sp³-hybridized carbons (Fsp3) is 0.263. The number of carbonyl (C=O) groups excluding carboxylic acids is 2. The lowest BCUT2D eigenvalue weighted by Crippen LogP contribution is -2.35. The Morgan fingerprint density at radius 2 is 1.69 bits per heavy atom. The van der Waals surface area contributed by atoms with Gasteiger partial charge in [0.05, 0.1) is 26.3 Å². The van der Waals surface area contributed by atoms with Crippen molar-refractivity contribution in [2.45, 2.75) is 6.36 Å². The minimum atomic E-state index is -4.80. The van der Waals surface area contributed by atoms with Gasteiger partial charge in [-0.05, 0) is 36.4 Å². The Labute approximate surface area is 165 Å². The van der Waals surface area contributed by atoms with Crippen LogP contribution in [0, 0.1) is 0 Å². The zero-order valence-electron chi connectivity index (χ0n) is 15.9. The maximum atomic E-state index is 12.6. The number of hydrogen-bond donors (Lipinski definition) is 1. The first kappa shape index (κ1) is 21.9. The summed E-state index contributed by atoms with van der Waals surface area (Å²) < 4.78 is 50.6. The molecule has 2 aromatic rings. The molecule has 29 heavy (non-hydrogen) atoms. The Kier molecular flexibility index (Phi) is 6.92. The fourth-order valence-corrected chi connectivity index (χ4v) is 2.49. The van der Waals surface area contributed by atoms with E-state index in [-0.39, 0.29) is 23.5 Å². The molecular formula is C19H19F3N2O5. The minimum Gasteiger partial charge on any atom is -0.493 e. The fourth-order valence-electron chi connectivity index (χ4n) is 2.49. The van der Waals surface area contributed by atoms with Crippen molar-refractivity contribution in [2.24, 2.45) is 0 Å². The summed E-state index contributed by atoms with van der Waals surface area (Å²) in [6, 6.07) is 9.44. The second kappa shape index (κ2) is 9.18. The van der Waals surface area contributed by atoms with Gasteiger partial charge in [-0.25, -0.2) is 0 Å². The summed E-state index contributed by atoms with van der Waals surface area (Å²) in [5.74, 6) is -0.796. The summed E-state index contributed by atoms with van der Waals surface area (Å²) in [4.78, 5) is 26.0. The molecule has 0 atom stereocenters. The van der Waals surface area contributed by atoms with Crippen LogP contribution in [-0.2, 0) is 4.79 Å². The number of carbonyl (C=O) groups is 2. The van der Waals surface area contributed by atoms with Gasteiger partial charge in [0.1, 0.15) is 5.75 Å². The lowest BCUT2D eigenvalue weighted by molar-refractivity contribution is -0.274. The van der Waals surface area contributed by atoms with Crippen molar-refractivity contribution in [1.29, 1.82) is 0 Å². The molecule has 0 unspecified atom stereocenters. The molecule has 0 fully saturated rings. The molecular weight excluding hydrogens is 393 g/mol. The predicted molar refractivity (Wildman–Crippen MR) is 98.3 cm³/mol. The molecule has 0 radical (unpaired) electrons. The van der Waals surface area contributed by atoms with Gasteiger partial charge in [0, 0.05) is 12.7 Å². The van der Waals surface area contributed by atoms with E-state index in [9.17, 15) is 22.8 Å². The van der Waals surface area contributed by atoms with E-state index in [0.717, 1.165) is 12.1 Å². The molecule has 0 spiro atoms. The van der Waals surface area contributed by atoms with Crippen LogP contribution >= 0.6 is 0 Å². The standard InChI is InChI=1S/C19H19F3N2O5/c1-24(18(26)14-5-4-6-15(27-2)17(14)28-3)11-16(25)23-12-7-9-13(10-8-12)29-19(20,21)22/h4-10H,11H2,1-3H3,(H,23,25). The van der Waals surface area contributed by atoms with Crippen LogP contribution < -0.4 is 19.5 Å². The minimum absolute atomic E-state index is 0.218. The number of anilines is 1. The summed E-state index contributed by atoms with van der Waals surface area (Å²) in [5, 5.41) is 2.49. The molecule has 2 rings (SSSR count). The van der Waals surface area contributed by atoms with Crippen molar-refractivity contribution in [3.8, 4) is 17.2 Å². The van der Waals surface area contributed by atoms with E-state index in [1.54, 1.807) is 12.1 Å². The van der Waals surface area contributed by atoms with Crippen molar-refractivity contribution >= 4 is 17.5 Å². The molecule has 0 aliphatic heterocycles. The van der Waals surface area contributed by atoms with Crippen molar-refractivity contribution in [1.82, 2.24) is 4.90 Å². The topological polar surface area (TPSA) is 77.1 Å². The van der Waals surface area contributed by atoms with Crippen LogP contribution in [0.25, 0.3) is 0 Å². The number of nitrogens with one attached hydrogen (secondary N) is 1. The smallest absolute Gasteiger partial charge is 0.493 e. The third-order valence-corrected chi connectivity index (χ3v) is 3.73. The van der Waals surface area contributed by atoms with Gasteiger partial charge in [0.2, 0.25) is 5.91 Å². The van der Waals surface area contributed by atoms with Crippen molar-refractivity contribution < 1.29 is 37.0 Å². The summed E-state index contributed by atoms with van der Waals surface area (Å²) in [5.41, 5.74) is 0.472. The number of hydrogen-bond acceptors (Lipinski definition) is 5. The third kappa shape index (κ3) is 6.03. The molecule has 0 saturated heterocycles. The highest BCUT2D eigenvalue weighted by Gasteiger charge is 2.31. The van der Waals surface area contributed by atoms with E-state index < -0.39 is 23.9 Å². The number of ether oxygens (including phenoxy) is 3. The van der Waals surface area contributed by atoms with Gasteiger partial charge in [-0.15, -0.1) is 13.2 Å². The van der Waals surface area contributed by atoms with E-state index in [0.29, 0.717) is 5.75 Å². The van der Waals surface area contributed by atoms with Gasteiger partial charge >= 0.3 is 6.36 Å². The number of nitrogens with zero attached hydrogens (tertiary/aromatic N) is 1. The summed E-state index contributed by atoms with van der Waals surface area (Å²) in [7, 11) is 4.27. The van der Waals surface area contributed by atoms with Gasteiger partial charge in [0.15, 0.2) is 11.5 Å². The Morgan fingerprint density at radius 3 is 2.24 bits per heavy atom. The van der Waals surface area contributed by atoms with Gasteiger partial charge < -0.3 is 24.4 Å². The van der Waals surface area contributed by atoms with Crippen LogP contribution in [0.1, 0.15) is 10.4 Å². The highest BCUT2D eigenvalue weighted by atomic mass is 19.4. The molecule has 2 amide bonds. The van der Waals surface area contributed by atoms with Crippen molar-refractivity contribution in [3.05, 3.63) is 48.0 Å². The zero-order chi connectivity index (χ0) is 21.6. The van der Waals surface area contributed by atoms with E-state index in [4.69, 9.17) is 9.47 Å². The first-order chi connectivity index (χ1) is 13.6. The third-order valence-electron chi connectivity index (χ3n) is 3.73. The number of halogens is 3. The van der Waals surface area contributed by atoms with Gasteiger partial charge in [-0.3, -0.25) is 9.59 Å². The molecule has 7 nitrogen and oxygen atoms in total. The van der Waals surface area contributed by atoms with Crippen LogP contribution in [0.5, 0.6) is 17.2 Å². The first-order valence-corrected chi connectivity index (χ1v) is 8.26. The number of likely N-dealkylation sites (N-methyl/N-ethyl adjacent to an activating group) is 1. The molecule has 1 N–H and O–H groups in total. The summed E-state index contributed by atoms with van der Waals surface area (Å²) >= 11 is 0. The summed E-state index contributed by atoms with van der Waals surface area (Å²) in [6.07, 6.45) is -4.80.